The van der Waals surface area contributed by atoms with E-state index in [1.807, 2.05) is 0 Å². The summed E-state index contributed by atoms with van der Waals surface area (Å²) in [7, 11) is -3.61. The number of thioether (sulfide) groups is 1. The first-order valence-electron chi connectivity index (χ1n) is 4.93. The van der Waals surface area contributed by atoms with Crippen molar-refractivity contribution in [2.24, 2.45) is 5.14 Å². The van der Waals surface area contributed by atoms with Crippen molar-refractivity contribution in [2.45, 2.75) is 11.7 Å². The lowest BCUT2D eigenvalue weighted by atomic mass is 10.4. The number of primary sulfonamides is 1. The molecule has 1 unspecified atom stereocenters. The zero-order valence-corrected chi connectivity index (χ0v) is 10.5. The minimum absolute atomic E-state index is 0.0104. The Morgan fingerprint density at radius 3 is 2.69 bits per heavy atom. The number of nitrogens with two attached hydrogens (primary N) is 1. The zero-order valence-electron chi connectivity index (χ0n) is 8.83. The highest BCUT2D eigenvalue weighted by atomic mass is 32.2. The lowest BCUT2D eigenvalue weighted by molar-refractivity contribution is -0.127. The summed E-state index contributed by atoms with van der Waals surface area (Å²) in [5.74, 6) is 1.16. The van der Waals surface area contributed by atoms with E-state index >= 15 is 0 Å². The van der Waals surface area contributed by atoms with E-state index in [4.69, 9.17) is 10.2 Å². The van der Waals surface area contributed by atoms with Gasteiger partial charge in [0.25, 0.3) is 0 Å². The van der Waals surface area contributed by atoms with Crippen molar-refractivity contribution in [3.8, 4) is 0 Å². The van der Waals surface area contributed by atoms with Gasteiger partial charge in [0, 0.05) is 31.0 Å². The van der Waals surface area contributed by atoms with E-state index in [2.05, 4.69) is 0 Å². The molecule has 0 aromatic rings. The molecule has 1 amide bonds. The average Bonchev–Trinajstić information content (AvgIpc) is 2.55. The van der Waals surface area contributed by atoms with E-state index in [9.17, 15) is 13.2 Å². The Kier molecular flexibility index (Phi) is 5.03. The van der Waals surface area contributed by atoms with Gasteiger partial charge in [-0.1, -0.05) is 0 Å². The second-order valence-corrected chi connectivity index (χ2v) is 6.66. The molecule has 0 saturated carbocycles. The van der Waals surface area contributed by atoms with Crippen LogP contribution >= 0.6 is 11.8 Å². The number of likely N-dealkylation sites (tertiary alicyclic amines) is 1. The minimum Gasteiger partial charge on any atom is -0.396 e. The Hall–Kier alpha value is -0.310. The van der Waals surface area contributed by atoms with Gasteiger partial charge in [-0.05, 0) is 0 Å². The Labute approximate surface area is 99.2 Å². The van der Waals surface area contributed by atoms with Crippen LogP contribution in [0.15, 0.2) is 0 Å². The van der Waals surface area contributed by atoms with Gasteiger partial charge in [0.05, 0.1) is 6.61 Å². The highest BCUT2D eigenvalue weighted by Crippen LogP contribution is 2.16. The highest BCUT2D eigenvalue weighted by Gasteiger charge is 2.35. The molecule has 8 heteroatoms. The number of aliphatic hydroxyl groups excluding tert-OH is 1. The van der Waals surface area contributed by atoms with E-state index in [0.29, 0.717) is 18.1 Å². The first-order chi connectivity index (χ1) is 7.45. The molecule has 6 nitrogen and oxygen atoms in total. The van der Waals surface area contributed by atoms with Crippen molar-refractivity contribution in [1.82, 2.24) is 4.90 Å². The molecule has 0 aromatic heterocycles. The van der Waals surface area contributed by atoms with Crippen molar-refractivity contribution in [2.75, 3.05) is 31.2 Å². The molecule has 1 aliphatic heterocycles. The highest BCUT2D eigenvalue weighted by molar-refractivity contribution is 7.99. The molecule has 1 fully saturated rings. The standard InChI is InChI=1S/C8H16N2O4S2/c9-16(13,14)7-5-8(12)10(6-7)1-3-15-4-2-11/h7,11H,1-6H2,(H2,9,13,14). The third kappa shape index (κ3) is 3.93. The molecular weight excluding hydrogens is 252 g/mol. The fraction of sp³-hybridized carbons (Fsp3) is 0.875. The zero-order chi connectivity index (χ0) is 12.2. The van der Waals surface area contributed by atoms with Gasteiger partial charge < -0.3 is 10.0 Å². The van der Waals surface area contributed by atoms with Crippen LogP contribution in [0.4, 0.5) is 0 Å². The molecule has 0 aliphatic carbocycles. The average molecular weight is 268 g/mol. The van der Waals surface area contributed by atoms with Crippen molar-refractivity contribution in [1.29, 1.82) is 0 Å². The molecule has 0 bridgehead atoms. The molecule has 3 N–H and O–H groups in total. The molecule has 94 valence electrons. The Bertz CT molecular complexity index is 344. The number of nitrogens with zero attached hydrogens (tertiary/aromatic N) is 1. The fourth-order valence-electron chi connectivity index (χ4n) is 1.51. The van der Waals surface area contributed by atoms with Gasteiger partial charge in [0.1, 0.15) is 5.25 Å². The predicted octanol–water partition coefficient (Wildman–Crippen LogP) is -1.40. The summed E-state index contributed by atoms with van der Waals surface area (Å²) in [4.78, 5) is 13.0. The van der Waals surface area contributed by atoms with E-state index in [1.165, 1.54) is 16.7 Å². The number of hydrogen-bond donors (Lipinski definition) is 2. The van der Waals surface area contributed by atoms with Crippen molar-refractivity contribution in [3.05, 3.63) is 0 Å². The second kappa shape index (κ2) is 5.85. The summed E-state index contributed by atoms with van der Waals surface area (Å²) in [6.45, 7) is 0.811. The number of amides is 1. The molecular formula is C8H16N2O4S2. The van der Waals surface area contributed by atoms with Gasteiger partial charge in [0.15, 0.2) is 0 Å². The minimum atomic E-state index is -3.61. The number of sulfonamides is 1. The van der Waals surface area contributed by atoms with Crippen molar-refractivity contribution >= 4 is 27.7 Å². The van der Waals surface area contributed by atoms with Crippen LogP contribution in [0.2, 0.25) is 0 Å². The first-order valence-corrected chi connectivity index (χ1v) is 7.69. The van der Waals surface area contributed by atoms with Gasteiger partial charge >= 0.3 is 0 Å². The van der Waals surface area contributed by atoms with Crippen LogP contribution in [0.25, 0.3) is 0 Å². The van der Waals surface area contributed by atoms with E-state index in [-0.39, 0.29) is 25.5 Å². The summed E-state index contributed by atoms with van der Waals surface area (Å²) < 4.78 is 22.1. The van der Waals surface area contributed by atoms with E-state index < -0.39 is 15.3 Å². The molecule has 1 saturated heterocycles. The van der Waals surface area contributed by atoms with Gasteiger partial charge in [-0.15, -0.1) is 0 Å². The third-order valence-corrected chi connectivity index (χ3v) is 4.57. The summed E-state index contributed by atoms with van der Waals surface area (Å²) >= 11 is 1.53. The van der Waals surface area contributed by atoms with E-state index in [0.717, 1.165) is 0 Å². The number of rotatable bonds is 6. The van der Waals surface area contributed by atoms with Gasteiger partial charge in [-0.25, -0.2) is 13.6 Å². The first kappa shape index (κ1) is 13.8. The normalized spacial score (nSPS) is 21.8. The maximum Gasteiger partial charge on any atom is 0.224 e. The van der Waals surface area contributed by atoms with Crippen molar-refractivity contribution in [3.63, 3.8) is 0 Å². The molecule has 0 aromatic carbocycles. The molecule has 0 radical (unpaired) electrons. The Morgan fingerprint density at radius 1 is 1.50 bits per heavy atom. The molecule has 1 aliphatic rings. The summed E-state index contributed by atoms with van der Waals surface area (Å²) in [6.07, 6.45) is -0.0104. The monoisotopic (exact) mass is 268 g/mol. The van der Waals surface area contributed by atoms with Crippen LogP contribution in [0.3, 0.4) is 0 Å². The van der Waals surface area contributed by atoms with Gasteiger partial charge in [0.2, 0.25) is 15.9 Å². The van der Waals surface area contributed by atoms with Gasteiger partial charge in [-0.2, -0.15) is 11.8 Å². The van der Waals surface area contributed by atoms with Crippen LogP contribution in [-0.2, 0) is 14.8 Å². The topological polar surface area (TPSA) is 101 Å². The summed E-state index contributed by atoms with van der Waals surface area (Å²) in [5.41, 5.74) is 0. The maximum atomic E-state index is 11.4. The lowest BCUT2D eigenvalue weighted by Gasteiger charge is -2.15. The number of hydrogen-bond acceptors (Lipinski definition) is 5. The molecule has 1 heterocycles. The fourth-order valence-corrected chi connectivity index (χ4v) is 2.96. The lowest BCUT2D eigenvalue weighted by Crippen LogP contribution is -2.33. The SMILES string of the molecule is NS(=O)(=O)C1CC(=O)N(CCSCCO)C1. The summed E-state index contributed by atoms with van der Waals surface area (Å²) in [5, 5.41) is 12.8. The van der Waals surface area contributed by atoms with Gasteiger partial charge in [-0.3, -0.25) is 4.79 Å². The Balaban J connectivity index is 2.37. The smallest absolute Gasteiger partial charge is 0.224 e. The molecule has 1 rings (SSSR count). The van der Waals surface area contributed by atoms with E-state index in [1.54, 1.807) is 0 Å². The Morgan fingerprint density at radius 2 is 2.19 bits per heavy atom. The van der Waals surface area contributed by atoms with Crippen molar-refractivity contribution < 1.29 is 18.3 Å². The third-order valence-electron chi connectivity index (χ3n) is 2.38. The van der Waals surface area contributed by atoms with Crippen LogP contribution in [-0.4, -0.2) is 60.8 Å². The largest absolute Gasteiger partial charge is 0.396 e. The second-order valence-electron chi connectivity index (χ2n) is 3.59. The van der Waals surface area contributed by atoms with Crippen LogP contribution in [0.5, 0.6) is 0 Å². The van der Waals surface area contributed by atoms with Crippen LogP contribution in [0, 0.1) is 0 Å². The van der Waals surface area contributed by atoms with Crippen LogP contribution in [0.1, 0.15) is 6.42 Å². The number of aliphatic hydroxyl groups is 1. The quantitative estimate of drug-likeness (QED) is 0.577. The number of carbonyl (C=O) groups is 1. The maximum absolute atomic E-state index is 11.4. The molecule has 1 atom stereocenters. The van der Waals surface area contributed by atoms with Crippen LogP contribution < -0.4 is 5.14 Å². The number of carbonyl (C=O) groups excluding carboxylic acids is 1. The predicted molar refractivity (Wildman–Crippen MR) is 62.5 cm³/mol. The molecule has 0 spiro atoms. The summed E-state index contributed by atoms with van der Waals surface area (Å²) in [6, 6.07) is 0. The molecule has 16 heavy (non-hydrogen) atoms.